The van der Waals surface area contributed by atoms with Gasteiger partial charge in [0.15, 0.2) is 6.10 Å². The maximum atomic E-state index is 12.9. The Hall–Kier alpha value is -2.14. The van der Waals surface area contributed by atoms with Gasteiger partial charge in [0.2, 0.25) is 0 Å². The summed E-state index contributed by atoms with van der Waals surface area (Å²) in [5, 5.41) is 0. The molecule has 68 heavy (non-hydrogen) atoms. The third kappa shape index (κ3) is 56.4. The highest BCUT2D eigenvalue weighted by Gasteiger charge is 2.17. The van der Waals surface area contributed by atoms with Gasteiger partial charge in [-0.1, -0.05) is 249 Å². The van der Waals surface area contributed by atoms with Crippen LogP contribution in [0.15, 0.2) is 48.6 Å². The molecule has 5 nitrogen and oxygen atoms in total. The highest BCUT2D eigenvalue weighted by atomic mass is 16.6. The Morgan fingerprint density at radius 1 is 0.324 bits per heavy atom. The molecule has 1 atom stereocenters. The Morgan fingerprint density at radius 2 is 0.618 bits per heavy atom. The summed E-state index contributed by atoms with van der Waals surface area (Å²) in [4.78, 5) is 25.6. The van der Waals surface area contributed by atoms with Gasteiger partial charge in [-0.2, -0.15) is 0 Å². The van der Waals surface area contributed by atoms with Gasteiger partial charge in [-0.3, -0.25) is 9.59 Å². The molecular weight excluding hydrogens is 837 g/mol. The van der Waals surface area contributed by atoms with E-state index < -0.39 is 6.10 Å². The lowest BCUT2D eigenvalue weighted by atomic mass is 10.1. The third-order valence-electron chi connectivity index (χ3n) is 13.3. The normalized spacial score (nSPS) is 12.5. The van der Waals surface area contributed by atoms with Crippen LogP contribution in [0.3, 0.4) is 0 Å². The van der Waals surface area contributed by atoms with E-state index in [1.54, 1.807) is 0 Å². The third-order valence-corrected chi connectivity index (χ3v) is 13.3. The van der Waals surface area contributed by atoms with Crippen molar-refractivity contribution in [3.63, 3.8) is 0 Å². The molecule has 0 amide bonds. The number of esters is 2. The monoisotopic (exact) mass is 953 g/mol. The zero-order valence-electron chi connectivity index (χ0n) is 45.9. The van der Waals surface area contributed by atoms with Gasteiger partial charge in [0.05, 0.1) is 6.61 Å². The molecule has 5 heteroatoms. The maximum Gasteiger partial charge on any atom is 0.306 e. The van der Waals surface area contributed by atoms with Gasteiger partial charge in [0.1, 0.15) is 6.61 Å². The fraction of sp³-hybridized carbons (Fsp3) is 0.841. The molecule has 0 saturated heterocycles. The summed E-state index contributed by atoms with van der Waals surface area (Å²) < 4.78 is 17.5. The average Bonchev–Trinajstić information content (AvgIpc) is 3.34. The fourth-order valence-corrected chi connectivity index (χ4v) is 8.77. The molecule has 398 valence electrons. The lowest BCUT2D eigenvalue weighted by Crippen LogP contribution is -2.30. The number of hydrogen-bond acceptors (Lipinski definition) is 5. The first kappa shape index (κ1) is 65.9. The van der Waals surface area contributed by atoms with Crippen molar-refractivity contribution >= 4 is 11.9 Å². The second kappa shape index (κ2) is 59.2. The van der Waals surface area contributed by atoms with E-state index in [9.17, 15) is 9.59 Å². The zero-order chi connectivity index (χ0) is 49.2. The Balaban J connectivity index is 4.26. The molecule has 0 aromatic carbocycles. The second-order valence-corrected chi connectivity index (χ2v) is 20.2. The van der Waals surface area contributed by atoms with E-state index in [-0.39, 0.29) is 25.2 Å². The number of rotatable bonds is 56. The minimum absolute atomic E-state index is 0.0815. The smallest absolute Gasteiger partial charge is 0.306 e. The van der Waals surface area contributed by atoms with Crippen molar-refractivity contribution < 1.29 is 23.8 Å². The molecule has 0 aliphatic rings. The largest absolute Gasteiger partial charge is 0.462 e. The van der Waals surface area contributed by atoms with Gasteiger partial charge >= 0.3 is 11.9 Å². The van der Waals surface area contributed by atoms with E-state index in [0.717, 1.165) is 51.4 Å². The highest BCUT2D eigenvalue weighted by molar-refractivity contribution is 5.70. The van der Waals surface area contributed by atoms with Crippen LogP contribution in [-0.4, -0.2) is 37.9 Å². The SMILES string of the molecule is CCCCC/C=C\C/C=C\CCCCCCCCCCCC(=O)OCC(COCCCCCCCC/C=C\CCCCCCCC)OC(=O)CCCCCCCCC/C=C\CCCCCCCC. The second-order valence-electron chi connectivity index (χ2n) is 20.2. The van der Waals surface area contributed by atoms with E-state index in [1.807, 2.05) is 0 Å². The van der Waals surface area contributed by atoms with Crippen molar-refractivity contribution in [3.8, 4) is 0 Å². The number of hydrogen-bond donors (Lipinski definition) is 0. The first-order valence-electron chi connectivity index (χ1n) is 30.2. The van der Waals surface area contributed by atoms with Gasteiger partial charge in [-0.15, -0.1) is 0 Å². The molecule has 0 aliphatic carbocycles. The fourth-order valence-electron chi connectivity index (χ4n) is 8.77. The lowest BCUT2D eigenvalue weighted by molar-refractivity contribution is -0.163. The van der Waals surface area contributed by atoms with Crippen LogP contribution in [0.1, 0.15) is 316 Å². The molecule has 1 unspecified atom stereocenters. The van der Waals surface area contributed by atoms with E-state index in [0.29, 0.717) is 19.4 Å². The molecular formula is C63H116O5. The number of unbranched alkanes of at least 4 members (excludes halogenated alkanes) is 37. The van der Waals surface area contributed by atoms with Gasteiger partial charge < -0.3 is 14.2 Å². The van der Waals surface area contributed by atoms with Crippen molar-refractivity contribution in [3.05, 3.63) is 48.6 Å². The average molecular weight is 954 g/mol. The molecule has 0 bridgehead atoms. The zero-order valence-corrected chi connectivity index (χ0v) is 45.9. The number of carbonyl (C=O) groups is 2. The lowest BCUT2D eigenvalue weighted by Gasteiger charge is -2.18. The van der Waals surface area contributed by atoms with E-state index in [2.05, 4.69) is 69.4 Å². The van der Waals surface area contributed by atoms with Crippen LogP contribution in [0.25, 0.3) is 0 Å². The summed E-state index contributed by atoms with van der Waals surface area (Å²) in [6.45, 7) is 7.83. The molecule has 0 aromatic heterocycles. The molecule has 0 rings (SSSR count). The summed E-state index contributed by atoms with van der Waals surface area (Å²) >= 11 is 0. The van der Waals surface area contributed by atoms with Crippen LogP contribution < -0.4 is 0 Å². The summed E-state index contributed by atoms with van der Waals surface area (Å²) in [5.41, 5.74) is 0. The summed E-state index contributed by atoms with van der Waals surface area (Å²) in [7, 11) is 0. The molecule has 0 aliphatic heterocycles. The van der Waals surface area contributed by atoms with Crippen LogP contribution in [0.4, 0.5) is 0 Å². The van der Waals surface area contributed by atoms with E-state index in [4.69, 9.17) is 14.2 Å². The van der Waals surface area contributed by atoms with Gasteiger partial charge in [0, 0.05) is 19.4 Å². The van der Waals surface area contributed by atoms with Crippen molar-refractivity contribution in [2.75, 3.05) is 19.8 Å². The standard InChI is InChI=1S/C63H116O5/c1-4-7-10-13-16-19-22-25-28-31-32-34-35-38-41-44-47-50-53-56-62(64)67-60-61(59-66-58-55-52-49-46-43-40-37-30-27-24-21-18-15-12-9-6-3)68-63(65)57-54-51-48-45-42-39-36-33-29-26-23-20-17-14-11-8-5-2/h16,19,25-30,61H,4-15,17-18,20-24,31-60H2,1-3H3/b19-16-,28-25-,29-26-,30-27-. The summed E-state index contributed by atoms with van der Waals surface area (Å²) in [6, 6.07) is 0. The molecule has 0 heterocycles. The van der Waals surface area contributed by atoms with Crippen LogP contribution >= 0.6 is 0 Å². The molecule has 0 N–H and O–H groups in total. The van der Waals surface area contributed by atoms with E-state index in [1.165, 1.54) is 231 Å². The first-order valence-corrected chi connectivity index (χ1v) is 30.2. The predicted octanol–water partition coefficient (Wildman–Crippen LogP) is 20.7. The Bertz CT molecular complexity index is 1120. The minimum Gasteiger partial charge on any atom is -0.462 e. The summed E-state index contributed by atoms with van der Waals surface area (Å²) in [5.74, 6) is -0.395. The number of carbonyl (C=O) groups excluding carboxylic acids is 2. The molecule has 0 spiro atoms. The van der Waals surface area contributed by atoms with Gasteiger partial charge in [-0.25, -0.2) is 0 Å². The predicted molar refractivity (Wildman–Crippen MR) is 298 cm³/mol. The highest BCUT2D eigenvalue weighted by Crippen LogP contribution is 2.16. The quantitative estimate of drug-likeness (QED) is 0.0345. The van der Waals surface area contributed by atoms with Crippen LogP contribution in [0, 0.1) is 0 Å². The topological polar surface area (TPSA) is 61.8 Å². The van der Waals surface area contributed by atoms with E-state index >= 15 is 0 Å². The van der Waals surface area contributed by atoms with Crippen LogP contribution in [-0.2, 0) is 23.8 Å². The molecule has 0 fully saturated rings. The Morgan fingerprint density at radius 3 is 1.01 bits per heavy atom. The number of allylic oxidation sites excluding steroid dienone is 8. The van der Waals surface area contributed by atoms with Crippen molar-refractivity contribution in [2.45, 2.75) is 322 Å². The molecule has 0 radical (unpaired) electrons. The Labute approximate surface area is 424 Å². The molecule has 0 aromatic rings. The minimum atomic E-state index is -0.543. The molecule has 0 saturated carbocycles. The summed E-state index contributed by atoms with van der Waals surface area (Å²) in [6.07, 6.45) is 74.2. The van der Waals surface area contributed by atoms with Crippen molar-refractivity contribution in [1.82, 2.24) is 0 Å². The van der Waals surface area contributed by atoms with Crippen LogP contribution in [0.2, 0.25) is 0 Å². The van der Waals surface area contributed by atoms with Crippen molar-refractivity contribution in [2.24, 2.45) is 0 Å². The first-order chi connectivity index (χ1) is 33.6. The maximum absolute atomic E-state index is 12.9. The van der Waals surface area contributed by atoms with Crippen molar-refractivity contribution in [1.29, 1.82) is 0 Å². The van der Waals surface area contributed by atoms with Gasteiger partial charge in [0.25, 0.3) is 0 Å². The number of ether oxygens (including phenoxy) is 3. The Kier molecular flexibility index (Phi) is 57.3. The van der Waals surface area contributed by atoms with Gasteiger partial charge in [-0.05, 0) is 103 Å². The van der Waals surface area contributed by atoms with Crippen LogP contribution in [0.5, 0.6) is 0 Å².